The highest BCUT2D eigenvalue weighted by molar-refractivity contribution is 7.80. The summed E-state index contributed by atoms with van der Waals surface area (Å²) in [6, 6.07) is 12.8. The maximum atomic E-state index is 12.0. The summed E-state index contributed by atoms with van der Waals surface area (Å²) in [6.45, 7) is 0. The molecule has 0 spiro atoms. The number of hydrogen-bond donors (Lipinski definition) is 3. The van der Waals surface area contributed by atoms with E-state index in [2.05, 4.69) is 16.2 Å². The minimum atomic E-state index is -0.698. The van der Waals surface area contributed by atoms with E-state index in [9.17, 15) is 19.7 Å². The van der Waals surface area contributed by atoms with Gasteiger partial charge in [0.15, 0.2) is 5.11 Å². The number of carbonyl (C=O) groups excluding carboxylic acids is 2. The number of carbonyl (C=O) groups is 2. The first kappa shape index (κ1) is 20.0. The Hall–Kier alpha value is -3.30. The Morgan fingerprint density at radius 1 is 1.11 bits per heavy atom. The van der Waals surface area contributed by atoms with Gasteiger partial charge in [-0.25, -0.2) is 0 Å². The maximum absolute atomic E-state index is 12.0. The highest BCUT2D eigenvalue weighted by atomic mass is 35.5. The van der Waals surface area contributed by atoms with Crippen molar-refractivity contribution in [3.8, 4) is 0 Å². The lowest BCUT2D eigenvalue weighted by Gasteiger charge is -2.09. The Labute approximate surface area is 164 Å². The third-order valence-electron chi connectivity index (χ3n) is 3.16. The molecule has 2 rings (SSSR count). The molecule has 0 heterocycles. The van der Waals surface area contributed by atoms with E-state index in [0.717, 1.165) is 11.6 Å². The van der Waals surface area contributed by atoms with Gasteiger partial charge in [-0.3, -0.25) is 35.9 Å². The second-order valence-electron chi connectivity index (χ2n) is 5.06. The van der Waals surface area contributed by atoms with Gasteiger partial charge in [-0.15, -0.1) is 0 Å². The molecule has 8 nitrogen and oxygen atoms in total. The van der Waals surface area contributed by atoms with Gasteiger partial charge >= 0.3 is 0 Å². The van der Waals surface area contributed by atoms with Crippen LogP contribution in [-0.2, 0) is 4.79 Å². The number of nitro benzene ring substituents is 1. The van der Waals surface area contributed by atoms with Gasteiger partial charge < -0.3 is 0 Å². The maximum Gasteiger partial charge on any atom is 0.288 e. The van der Waals surface area contributed by atoms with Crippen molar-refractivity contribution < 1.29 is 14.5 Å². The molecule has 0 fully saturated rings. The molecule has 0 radical (unpaired) electrons. The van der Waals surface area contributed by atoms with Gasteiger partial charge in [-0.2, -0.15) is 0 Å². The average Bonchev–Trinajstić information content (AvgIpc) is 2.65. The lowest BCUT2D eigenvalue weighted by atomic mass is 10.2. The van der Waals surface area contributed by atoms with Crippen molar-refractivity contribution in [2.24, 2.45) is 0 Å². The predicted octanol–water partition coefficient (Wildman–Crippen LogP) is 2.60. The van der Waals surface area contributed by atoms with E-state index in [1.807, 2.05) is 30.3 Å². The predicted molar refractivity (Wildman–Crippen MR) is 105 cm³/mol. The van der Waals surface area contributed by atoms with Crippen LogP contribution in [0.2, 0.25) is 5.02 Å². The van der Waals surface area contributed by atoms with Crippen molar-refractivity contribution in [2.75, 3.05) is 0 Å². The van der Waals surface area contributed by atoms with Crippen molar-refractivity contribution in [1.82, 2.24) is 16.2 Å². The minimum Gasteiger partial charge on any atom is -0.298 e. The van der Waals surface area contributed by atoms with Gasteiger partial charge in [0.1, 0.15) is 5.02 Å². The van der Waals surface area contributed by atoms with E-state index < -0.39 is 22.4 Å². The monoisotopic (exact) mass is 404 g/mol. The zero-order valence-corrected chi connectivity index (χ0v) is 15.2. The van der Waals surface area contributed by atoms with Crippen LogP contribution in [0.5, 0.6) is 0 Å². The van der Waals surface area contributed by atoms with Crippen LogP contribution in [0.3, 0.4) is 0 Å². The Kier molecular flexibility index (Phi) is 6.98. The molecule has 3 N–H and O–H groups in total. The molecular weight excluding hydrogens is 392 g/mol. The molecule has 0 aliphatic carbocycles. The first-order chi connectivity index (χ1) is 12.9. The van der Waals surface area contributed by atoms with Crippen LogP contribution < -0.4 is 16.2 Å². The van der Waals surface area contributed by atoms with Crippen LogP contribution in [0.15, 0.2) is 54.6 Å². The molecule has 0 aromatic heterocycles. The zero-order chi connectivity index (χ0) is 19.8. The van der Waals surface area contributed by atoms with Crippen molar-refractivity contribution >= 4 is 52.5 Å². The highest BCUT2D eigenvalue weighted by Crippen LogP contribution is 2.24. The van der Waals surface area contributed by atoms with E-state index in [0.29, 0.717) is 0 Å². The number of nitro groups is 1. The lowest BCUT2D eigenvalue weighted by Crippen LogP contribution is -2.48. The van der Waals surface area contributed by atoms with Gasteiger partial charge in [0, 0.05) is 17.7 Å². The Morgan fingerprint density at radius 3 is 2.48 bits per heavy atom. The molecule has 0 atom stereocenters. The second-order valence-corrected chi connectivity index (χ2v) is 5.88. The summed E-state index contributed by atoms with van der Waals surface area (Å²) in [6.07, 6.45) is 2.89. The Morgan fingerprint density at radius 2 is 1.81 bits per heavy atom. The molecule has 0 aliphatic heterocycles. The standard InChI is InChI=1S/C17H13ClN4O4S/c18-13-8-7-12(10-14(13)22(25)26)16(24)20-21-17(27)19-15(23)9-6-11-4-2-1-3-5-11/h1-10H,(H,20,24)(H2,19,21,23,27). The zero-order valence-electron chi connectivity index (χ0n) is 13.6. The number of thiocarbonyl (C=S) groups is 1. The Bertz CT molecular complexity index is 918. The Balaban J connectivity index is 1.87. The van der Waals surface area contributed by atoms with E-state index in [1.54, 1.807) is 6.08 Å². The largest absolute Gasteiger partial charge is 0.298 e. The van der Waals surface area contributed by atoms with Gasteiger partial charge in [0.25, 0.3) is 11.6 Å². The molecule has 27 heavy (non-hydrogen) atoms. The van der Waals surface area contributed by atoms with Gasteiger partial charge in [-0.1, -0.05) is 41.9 Å². The van der Waals surface area contributed by atoms with E-state index in [4.69, 9.17) is 23.8 Å². The molecule has 138 valence electrons. The first-order valence-electron chi connectivity index (χ1n) is 7.45. The summed E-state index contributed by atoms with van der Waals surface area (Å²) >= 11 is 10.6. The summed E-state index contributed by atoms with van der Waals surface area (Å²) in [4.78, 5) is 33.9. The number of amides is 2. The quantitative estimate of drug-likeness (QED) is 0.312. The lowest BCUT2D eigenvalue weighted by molar-refractivity contribution is -0.384. The molecule has 2 aromatic carbocycles. The smallest absolute Gasteiger partial charge is 0.288 e. The number of halogens is 1. The van der Waals surface area contributed by atoms with Crippen LogP contribution in [0.25, 0.3) is 6.08 Å². The summed E-state index contributed by atoms with van der Waals surface area (Å²) in [7, 11) is 0. The minimum absolute atomic E-state index is 0.00306. The van der Waals surface area contributed by atoms with Crippen LogP contribution in [0.4, 0.5) is 5.69 Å². The first-order valence-corrected chi connectivity index (χ1v) is 8.24. The van der Waals surface area contributed by atoms with Gasteiger partial charge in [-0.05, 0) is 36.0 Å². The number of benzene rings is 2. The molecular formula is C17H13ClN4O4S. The van der Waals surface area contributed by atoms with Crippen molar-refractivity contribution in [2.45, 2.75) is 0 Å². The number of nitrogens with one attached hydrogen (secondary N) is 3. The molecule has 2 amide bonds. The number of nitrogens with zero attached hydrogens (tertiary/aromatic N) is 1. The van der Waals surface area contributed by atoms with E-state index in [1.165, 1.54) is 18.2 Å². The summed E-state index contributed by atoms with van der Waals surface area (Å²) in [5, 5.41) is 13.0. The van der Waals surface area contributed by atoms with E-state index in [-0.39, 0.29) is 15.7 Å². The SMILES string of the molecule is O=C(C=Cc1ccccc1)NC(=S)NNC(=O)c1ccc(Cl)c([N+](=O)[O-])c1. The third kappa shape index (κ3) is 6.17. The van der Waals surface area contributed by atoms with E-state index >= 15 is 0 Å². The average molecular weight is 405 g/mol. The van der Waals surface area contributed by atoms with Gasteiger partial charge in [0.05, 0.1) is 4.92 Å². The molecule has 2 aromatic rings. The van der Waals surface area contributed by atoms with Crippen molar-refractivity contribution in [3.05, 3.63) is 80.9 Å². The normalized spacial score (nSPS) is 10.3. The van der Waals surface area contributed by atoms with Crippen LogP contribution >= 0.6 is 23.8 Å². The van der Waals surface area contributed by atoms with Crippen molar-refractivity contribution in [3.63, 3.8) is 0 Å². The topological polar surface area (TPSA) is 113 Å². The third-order valence-corrected chi connectivity index (χ3v) is 3.68. The molecule has 0 bridgehead atoms. The molecule has 0 unspecified atom stereocenters. The summed E-state index contributed by atoms with van der Waals surface area (Å²) in [5.74, 6) is -1.18. The second kappa shape index (κ2) is 9.41. The fourth-order valence-electron chi connectivity index (χ4n) is 1.90. The molecule has 10 heteroatoms. The summed E-state index contributed by atoms with van der Waals surface area (Å²) < 4.78 is 0. The summed E-state index contributed by atoms with van der Waals surface area (Å²) in [5.41, 5.74) is 5.00. The van der Waals surface area contributed by atoms with Crippen LogP contribution in [-0.4, -0.2) is 21.9 Å². The number of hydrogen-bond acceptors (Lipinski definition) is 5. The molecule has 0 saturated heterocycles. The number of rotatable bonds is 4. The highest BCUT2D eigenvalue weighted by Gasteiger charge is 2.16. The van der Waals surface area contributed by atoms with Crippen molar-refractivity contribution in [1.29, 1.82) is 0 Å². The number of hydrazine groups is 1. The molecule has 0 aliphatic rings. The fraction of sp³-hybridized carbons (Fsp3) is 0. The molecule has 0 saturated carbocycles. The van der Waals surface area contributed by atoms with Gasteiger partial charge in [0.2, 0.25) is 5.91 Å². The van der Waals surface area contributed by atoms with Crippen LogP contribution in [0.1, 0.15) is 15.9 Å². The fourth-order valence-corrected chi connectivity index (χ4v) is 2.24. The van der Waals surface area contributed by atoms with Crippen LogP contribution in [0, 0.1) is 10.1 Å².